The quantitative estimate of drug-likeness (QED) is 0.828. The first-order chi connectivity index (χ1) is 11.0. The first-order valence-electron chi connectivity index (χ1n) is 6.90. The van der Waals surface area contributed by atoms with Gasteiger partial charge in [-0.15, -0.1) is 0 Å². The van der Waals surface area contributed by atoms with Gasteiger partial charge in [0.25, 0.3) is 5.91 Å². The number of aromatic hydroxyl groups is 1. The van der Waals surface area contributed by atoms with Crippen LogP contribution in [0.3, 0.4) is 0 Å². The molecule has 0 saturated heterocycles. The molecule has 0 aliphatic carbocycles. The van der Waals surface area contributed by atoms with E-state index >= 15 is 0 Å². The number of phenolic OH excluding ortho intramolecular Hbond substituents is 1. The molecular weight excluding hydrogens is 298 g/mol. The van der Waals surface area contributed by atoms with Crippen molar-refractivity contribution in [2.45, 2.75) is 6.92 Å². The number of anilines is 1. The van der Waals surface area contributed by atoms with Gasteiger partial charge in [-0.25, -0.2) is 4.79 Å². The second kappa shape index (κ2) is 7.31. The van der Waals surface area contributed by atoms with Gasteiger partial charge in [0.1, 0.15) is 11.5 Å². The normalized spacial score (nSPS) is 10.0. The van der Waals surface area contributed by atoms with Gasteiger partial charge in [-0.1, -0.05) is 12.1 Å². The van der Waals surface area contributed by atoms with Crippen molar-refractivity contribution in [2.24, 2.45) is 0 Å². The molecule has 23 heavy (non-hydrogen) atoms. The molecule has 6 nitrogen and oxygen atoms in total. The molecule has 2 aromatic rings. The summed E-state index contributed by atoms with van der Waals surface area (Å²) in [5.41, 5.74) is 1.63. The van der Waals surface area contributed by atoms with Crippen molar-refractivity contribution in [3.63, 3.8) is 0 Å². The van der Waals surface area contributed by atoms with Gasteiger partial charge >= 0.3 is 5.97 Å². The summed E-state index contributed by atoms with van der Waals surface area (Å²) in [4.78, 5) is 23.7. The number of nitrogens with one attached hydrogen (secondary N) is 1. The number of benzene rings is 2. The van der Waals surface area contributed by atoms with Crippen molar-refractivity contribution >= 4 is 17.6 Å². The van der Waals surface area contributed by atoms with Gasteiger partial charge in [0.2, 0.25) is 0 Å². The highest BCUT2D eigenvalue weighted by Crippen LogP contribution is 2.25. The second-order valence-electron chi connectivity index (χ2n) is 4.88. The van der Waals surface area contributed by atoms with Crippen LogP contribution in [0.5, 0.6) is 11.5 Å². The predicted molar refractivity (Wildman–Crippen MR) is 84.8 cm³/mol. The summed E-state index contributed by atoms with van der Waals surface area (Å²) in [5, 5.41) is 11.9. The van der Waals surface area contributed by atoms with E-state index in [4.69, 9.17) is 9.47 Å². The van der Waals surface area contributed by atoms with Gasteiger partial charge in [-0.05, 0) is 42.8 Å². The minimum Gasteiger partial charge on any atom is -0.508 e. The first-order valence-corrected chi connectivity index (χ1v) is 6.90. The number of esters is 1. The van der Waals surface area contributed by atoms with Crippen LogP contribution in [0.15, 0.2) is 42.5 Å². The lowest BCUT2D eigenvalue weighted by atomic mass is 10.2. The Kier molecular flexibility index (Phi) is 5.19. The molecule has 0 heterocycles. The molecule has 120 valence electrons. The molecule has 0 aromatic heterocycles. The minimum atomic E-state index is -0.688. The fourth-order valence-electron chi connectivity index (χ4n) is 1.95. The van der Waals surface area contributed by atoms with E-state index < -0.39 is 18.5 Å². The lowest BCUT2D eigenvalue weighted by molar-refractivity contribution is -0.119. The lowest BCUT2D eigenvalue weighted by Gasteiger charge is -2.11. The number of hydrogen-bond donors (Lipinski definition) is 2. The summed E-state index contributed by atoms with van der Waals surface area (Å²) in [6.45, 7) is 1.45. The molecule has 2 rings (SSSR count). The van der Waals surface area contributed by atoms with Crippen molar-refractivity contribution in [3.05, 3.63) is 53.6 Å². The summed E-state index contributed by atoms with van der Waals surface area (Å²) in [6.07, 6.45) is 0. The highest BCUT2D eigenvalue weighted by atomic mass is 16.5. The molecule has 0 saturated carbocycles. The van der Waals surface area contributed by atoms with Crippen LogP contribution in [0.1, 0.15) is 15.9 Å². The lowest BCUT2D eigenvalue weighted by Crippen LogP contribution is -2.21. The van der Waals surface area contributed by atoms with Crippen LogP contribution < -0.4 is 10.1 Å². The number of ether oxygens (including phenoxy) is 2. The number of hydrogen-bond acceptors (Lipinski definition) is 5. The Morgan fingerprint density at radius 2 is 1.96 bits per heavy atom. The molecule has 0 spiro atoms. The number of carbonyl (C=O) groups excluding carboxylic acids is 2. The molecule has 1 amide bonds. The van der Waals surface area contributed by atoms with Crippen LogP contribution in [-0.4, -0.2) is 30.7 Å². The van der Waals surface area contributed by atoms with Gasteiger partial charge < -0.3 is 19.9 Å². The summed E-state index contributed by atoms with van der Waals surface area (Å²) < 4.78 is 10.1. The van der Waals surface area contributed by atoms with E-state index in [0.717, 1.165) is 5.56 Å². The Morgan fingerprint density at radius 1 is 1.17 bits per heavy atom. The number of methoxy groups -OCH3 is 1. The maximum Gasteiger partial charge on any atom is 0.338 e. The number of phenols is 1. The number of carbonyl (C=O) groups is 2. The summed E-state index contributed by atoms with van der Waals surface area (Å²) >= 11 is 0. The van der Waals surface area contributed by atoms with E-state index in [1.807, 2.05) is 13.0 Å². The zero-order valence-corrected chi connectivity index (χ0v) is 12.8. The highest BCUT2D eigenvalue weighted by Gasteiger charge is 2.12. The molecule has 0 radical (unpaired) electrons. The van der Waals surface area contributed by atoms with Crippen LogP contribution in [0.4, 0.5) is 5.69 Å². The van der Waals surface area contributed by atoms with Crippen molar-refractivity contribution in [2.75, 3.05) is 19.0 Å². The number of rotatable bonds is 5. The van der Waals surface area contributed by atoms with Crippen LogP contribution in [0, 0.1) is 6.92 Å². The largest absolute Gasteiger partial charge is 0.508 e. The third kappa shape index (κ3) is 4.47. The molecule has 0 aliphatic heterocycles. The Morgan fingerprint density at radius 3 is 2.65 bits per heavy atom. The number of aryl methyl sites for hydroxylation is 1. The van der Waals surface area contributed by atoms with Crippen LogP contribution in [0.2, 0.25) is 0 Å². The van der Waals surface area contributed by atoms with Crippen LogP contribution >= 0.6 is 0 Å². The Hall–Kier alpha value is -3.02. The van der Waals surface area contributed by atoms with E-state index in [1.54, 1.807) is 12.1 Å². The maximum atomic E-state index is 11.9. The maximum absolute atomic E-state index is 11.9. The van der Waals surface area contributed by atoms with Gasteiger partial charge in [0.05, 0.1) is 18.4 Å². The molecule has 6 heteroatoms. The minimum absolute atomic E-state index is 0.0478. The molecule has 0 bridgehead atoms. The van der Waals surface area contributed by atoms with E-state index in [9.17, 15) is 14.7 Å². The molecule has 0 unspecified atom stereocenters. The SMILES string of the molecule is COc1ccc(C)cc1NC(=O)COC(=O)c1cccc(O)c1. The van der Waals surface area contributed by atoms with Gasteiger partial charge in [0, 0.05) is 0 Å². The predicted octanol–water partition coefficient (Wildman–Crippen LogP) is 2.50. The fraction of sp³-hybridized carbons (Fsp3) is 0.176. The summed E-state index contributed by atoms with van der Waals surface area (Å²) in [6, 6.07) is 11.1. The Bertz CT molecular complexity index is 727. The monoisotopic (exact) mass is 315 g/mol. The average Bonchev–Trinajstić information content (AvgIpc) is 2.53. The number of amides is 1. The molecular formula is C17H17NO5. The highest BCUT2D eigenvalue weighted by molar-refractivity contribution is 5.96. The zero-order chi connectivity index (χ0) is 16.8. The van der Waals surface area contributed by atoms with E-state index in [1.165, 1.54) is 31.4 Å². The van der Waals surface area contributed by atoms with E-state index in [-0.39, 0.29) is 11.3 Å². The third-order valence-electron chi connectivity index (χ3n) is 3.05. The Labute approximate surface area is 133 Å². The van der Waals surface area contributed by atoms with Gasteiger partial charge in [0.15, 0.2) is 6.61 Å². The van der Waals surface area contributed by atoms with E-state index in [0.29, 0.717) is 11.4 Å². The Balaban J connectivity index is 1.95. The molecule has 0 aliphatic rings. The van der Waals surface area contributed by atoms with Gasteiger partial charge in [-0.2, -0.15) is 0 Å². The first kappa shape index (κ1) is 16.4. The van der Waals surface area contributed by atoms with Crippen molar-refractivity contribution < 1.29 is 24.2 Å². The average molecular weight is 315 g/mol. The smallest absolute Gasteiger partial charge is 0.338 e. The molecule has 2 N–H and O–H groups in total. The van der Waals surface area contributed by atoms with Crippen molar-refractivity contribution in [3.8, 4) is 11.5 Å². The van der Waals surface area contributed by atoms with Crippen LogP contribution in [0.25, 0.3) is 0 Å². The zero-order valence-electron chi connectivity index (χ0n) is 12.8. The van der Waals surface area contributed by atoms with Crippen molar-refractivity contribution in [1.29, 1.82) is 0 Å². The second-order valence-corrected chi connectivity index (χ2v) is 4.88. The molecule has 0 fully saturated rings. The van der Waals surface area contributed by atoms with Gasteiger partial charge in [-0.3, -0.25) is 4.79 Å². The van der Waals surface area contributed by atoms with E-state index in [2.05, 4.69) is 5.32 Å². The fourth-order valence-corrected chi connectivity index (χ4v) is 1.95. The molecule has 0 atom stereocenters. The summed E-state index contributed by atoms with van der Waals surface area (Å²) in [7, 11) is 1.50. The molecule has 2 aromatic carbocycles. The summed E-state index contributed by atoms with van der Waals surface area (Å²) in [5.74, 6) is -0.702. The topological polar surface area (TPSA) is 84.9 Å². The standard InChI is InChI=1S/C17H17NO5/c1-11-6-7-15(22-2)14(8-11)18-16(20)10-23-17(21)12-4-3-5-13(19)9-12/h3-9,19H,10H2,1-2H3,(H,18,20). The van der Waals surface area contributed by atoms with Crippen molar-refractivity contribution in [1.82, 2.24) is 0 Å². The third-order valence-corrected chi connectivity index (χ3v) is 3.05. The van der Waals surface area contributed by atoms with Crippen LogP contribution in [-0.2, 0) is 9.53 Å².